The molecule has 30 heavy (non-hydrogen) atoms. The molecule has 0 radical (unpaired) electrons. The molecule has 154 valence electrons. The Morgan fingerprint density at radius 1 is 0.833 bits per heavy atom. The minimum absolute atomic E-state index is 0.0946. The molecular weight excluding hydrogens is 424 g/mol. The van der Waals surface area contributed by atoms with Crippen LogP contribution in [0.5, 0.6) is 0 Å². The lowest BCUT2D eigenvalue weighted by Gasteiger charge is -2.12. The summed E-state index contributed by atoms with van der Waals surface area (Å²) in [5.74, 6) is -0.882. The first-order chi connectivity index (χ1) is 14.2. The van der Waals surface area contributed by atoms with Gasteiger partial charge in [0, 0.05) is 22.5 Å². The predicted octanol–water partition coefficient (Wildman–Crippen LogP) is 4.39. The highest BCUT2D eigenvalue weighted by atomic mass is 35.5. The second-order valence-corrected chi connectivity index (χ2v) is 9.30. The van der Waals surface area contributed by atoms with Crippen LogP contribution in [0, 0.1) is 0 Å². The van der Waals surface area contributed by atoms with E-state index < -0.39 is 15.7 Å². The number of amides is 2. The smallest absolute Gasteiger partial charge is 0.257 e. The lowest BCUT2D eigenvalue weighted by atomic mass is 10.1. The number of nitrogens with one attached hydrogen (secondary N) is 2. The quantitative estimate of drug-likeness (QED) is 0.592. The highest BCUT2D eigenvalue weighted by Crippen LogP contribution is 2.20. The van der Waals surface area contributed by atoms with Crippen LogP contribution in [0.15, 0.2) is 72.8 Å². The summed E-state index contributed by atoms with van der Waals surface area (Å²) in [6, 6.07) is 19.6. The van der Waals surface area contributed by atoms with E-state index in [1.54, 1.807) is 72.8 Å². The van der Waals surface area contributed by atoms with Gasteiger partial charge in [-0.1, -0.05) is 35.9 Å². The monoisotopic (exact) mass is 442 g/mol. The fourth-order valence-electron chi connectivity index (χ4n) is 2.77. The number of para-hydroxylation sites is 1. The number of benzene rings is 3. The van der Waals surface area contributed by atoms with Crippen molar-refractivity contribution in [1.29, 1.82) is 0 Å². The first-order valence-corrected chi connectivity index (χ1v) is 11.4. The summed E-state index contributed by atoms with van der Waals surface area (Å²) in [6.45, 7) is 0. The SMILES string of the molecule is CS(=O)(=O)Cc1ccc(C(=O)Nc2ccccc2C(=O)Nc2ccc(Cl)cc2)cc1. The summed E-state index contributed by atoms with van der Waals surface area (Å²) in [5, 5.41) is 6.05. The molecule has 0 unspecified atom stereocenters. The maximum atomic E-state index is 12.7. The Balaban J connectivity index is 1.74. The van der Waals surface area contributed by atoms with Gasteiger partial charge < -0.3 is 10.6 Å². The molecule has 0 atom stereocenters. The van der Waals surface area contributed by atoms with Crippen LogP contribution in [0.1, 0.15) is 26.3 Å². The summed E-state index contributed by atoms with van der Waals surface area (Å²) in [6.07, 6.45) is 1.15. The van der Waals surface area contributed by atoms with Crippen LogP contribution in [-0.2, 0) is 15.6 Å². The molecular formula is C22H19ClN2O4S. The van der Waals surface area contributed by atoms with E-state index in [2.05, 4.69) is 10.6 Å². The molecule has 2 amide bonds. The fraction of sp³-hybridized carbons (Fsp3) is 0.0909. The Hall–Kier alpha value is -3.16. The van der Waals surface area contributed by atoms with Gasteiger partial charge in [0.1, 0.15) is 0 Å². The zero-order valence-corrected chi connectivity index (χ0v) is 17.6. The Morgan fingerprint density at radius 2 is 1.47 bits per heavy atom. The fourth-order valence-corrected chi connectivity index (χ4v) is 3.70. The van der Waals surface area contributed by atoms with E-state index in [1.165, 1.54) is 0 Å². The summed E-state index contributed by atoms with van der Waals surface area (Å²) < 4.78 is 22.8. The third kappa shape index (κ3) is 5.92. The molecule has 0 bridgehead atoms. The van der Waals surface area contributed by atoms with Gasteiger partial charge in [-0.05, 0) is 54.1 Å². The number of carbonyl (C=O) groups excluding carboxylic acids is 2. The van der Waals surface area contributed by atoms with Crippen LogP contribution < -0.4 is 10.6 Å². The van der Waals surface area contributed by atoms with E-state index in [0.717, 1.165) is 6.26 Å². The minimum atomic E-state index is -3.15. The van der Waals surface area contributed by atoms with Crippen LogP contribution in [0.2, 0.25) is 5.02 Å². The highest BCUT2D eigenvalue weighted by Gasteiger charge is 2.15. The minimum Gasteiger partial charge on any atom is -0.322 e. The average Bonchev–Trinajstić information content (AvgIpc) is 2.69. The van der Waals surface area contributed by atoms with Crippen LogP contribution in [0.25, 0.3) is 0 Å². The van der Waals surface area contributed by atoms with Crippen molar-refractivity contribution in [3.05, 3.63) is 94.5 Å². The lowest BCUT2D eigenvalue weighted by Crippen LogP contribution is -2.18. The standard InChI is InChI=1S/C22H19ClN2O4S/c1-30(28,29)14-15-6-8-16(9-7-15)21(26)25-20-5-3-2-4-19(20)22(27)24-18-12-10-17(23)11-13-18/h2-13H,14H2,1H3,(H,24,27)(H,25,26). The van der Waals surface area contributed by atoms with Crippen molar-refractivity contribution >= 4 is 44.6 Å². The van der Waals surface area contributed by atoms with Crippen molar-refractivity contribution in [3.8, 4) is 0 Å². The molecule has 3 aromatic carbocycles. The third-order valence-corrected chi connectivity index (χ3v) is 5.28. The van der Waals surface area contributed by atoms with E-state index >= 15 is 0 Å². The largest absolute Gasteiger partial charge is 0.322 e. The van der Waals surface area contributed by atoms with E-state index in [-0.39, 0.29) is 11.7 Å². The van der Waals surface area contributed by atoms with Gasteiger partial charge in [-0.3, -0.25) is 9.59 Å². The topological polar surface area (TPSA) is 92.3 Å². The van der Waals surface area contributed by atoms with Crippen LogP contribution >= 0.6 is 11.6 Å². The van der Waals surface area contributed by atoms with Crippen molar-refractivity contribution in [2.24, 2.45) is 0 Å². The Labute approximate surface area is 179 Å². The van der Waals surface area contributed by atoms with Crippen molar-refractivity contribution < 1.29 is 18.0 Å². The summed E-state index contributed by atoms with van der Waals surface area (Å²) in [7, 11) is -3.15. The first-order valence-electron chi connectivity index (χ1n) is 8.95. The van der Waals surface area contributed by atoms with Crippen LogP contribution in [-0.4, -0.2) is 26.5 Å². The summed E-state index contributed by atoms with van der Waals surface area (Å²) in [5.41, 5.74) is 2.17. The molecule has 2 N–H and O–H groups in total. The molecule has 6 nitrogen and oxygen atoms in total. The molecule has 0 fully saturated rings. The molecule has 0 aliphatic carbocycles. The lowest BCUT2D eigenvalue weighted by molar-refractivity contribution is 0.102. The van der Waals surface area contributed by atoms with E-state index in [0.29, 0.717) is 33.1 Å². The molecule has 0 saturated carbocycles. The van der Waals surface area contributed by atoms with E-state index in [9.17, 15) is 18.0 Å². The number of hydrogen-bond donors (Lipinski definition) is 2. The maximum Gasteiger partial charge on any atom is 0.257 e. The molecule has 0 spiro atoms. The molecule has 3 rings (SSSR count). The second-order valence-electron chi connectivity index (χ2n) is 6.73. The third-order valence-electron chi connectivity index (χ3n) is 4.17. The molecule has 0 aliphatic rings. The van der Waals surface area contributed by atoms with Gasteiger partial charge in [0.25, 0.3) is 11.8 Å². The molecule has 0 saturated heterocycles. The van der Waals surface area contributed by atoms with E-state index in [4.69, 9.17) is 11.6 Å². The predicted molar refractivity (Wildman–Crippen MR) is 119 cm³/mol. The molecule has 3 aromatic rings. The first kappa shape index (κ1) is 21.5. The van der Waals surface area contributed by atoms with Crippen molar-refractivity contribution in [3.63, 3.8) is 0 Å². The Kier molecular flexibility index (Phi) is 6.54. The second kappa shape index (κ2) is 9.11. The van der Waals surface area contributed by atoms with Gasteiger partial charge in [-0.25, -0.2) is 8.42 Å². The van der Waals surface area contributed by atoms with Gasteiger partial charge in [0.05, 0.1) is 17.0 Å². The Bertz CT molecular complexity index is 1170. The average molecular weight is 443 g/mol. The number of carbonyl (C=O) groups is 2. The van der Waals surface area contributed by atoms with Crippen molar-refractivity contribution in [1.82, 2.24) is 0 Å². The maximum absolute atomic E-state index is 12.7. The number of sulfone groups is 1. The molecule has 0 heterocycles. The molecule has 8 heteroatoms. The van der Waals surface area contributed by atoms with Gasteiger partial charge >= 0.3 is 0 Å². The zero-order valence-electron chi connectivity index (χ0n) is 16.1. The summed E-state index contributed by atoms with van der Waals surface area (Å²) in [4.78, 5) is 25.3. The number of hydrogen-bond acceptors (Lipinski definition) is 4. The van der Waals surface area contributed by atoms with Gasteiger partial charge in [-0.15, -0.1) is 0 Å². The van der Waals surface area contributed by atoms with Crippen molar-refractivity contribution in [2.75, 3.05) is 16.9 Å². The molecule has 0 aliphatic heterocycles. The zero-order chi connectivity index (χ0) is 21.7. The van der Waals surface area contributed by atoms with Crippen LogP contribution in [0.4, 0.5) is 11.4 Å². The van der Waals surface area contributed by atoms with E-state index in [1.807, 2.05) is 0 Å². The van der Waals surface area contributed by atoms with Gasteiger partial charge in [-0.2, -0.15) is 0 Å². The highest BCUT2D eigenvalue weighted by molar-refractivity contribution is 7.89. The number of anilines is 2. The van der Waals surface area contributed by atoms with Gasteiger partial charge in [0.15, 0.2) is 9.84 Å². The normalized spacial score (nSPS) is 11.0. The number of halogens is 1. The summed E-state index contributed by atoms with van der Waals surface area (Å²) >= 11 is 5.86. The number of rotatable bonds is 6. The Morgan fingerprint density at radius 3 is 2.10 bits per heavy atom. The van der Waals surface area contributed by atoms with Crippen molar-refractivity contribution in [2.45, 2.75) is 5.75 Å². The van der Waals surface area contributed by atoms with Crippen LogP contribution in [0.3, 0.4) is 0 Å². The van der Waals surface area contributed by atoms with Gasteiger partial charge in [0.2, 0.25) is 0 Å². The molecule has 0 aromatic heterocycles.